The van der Waals surface area contributed by atoms with Gasteiger partial charge in [0.05, 0.1) is 0 Å². The first-order chi connectivity index (χ1) is 9.60. The summed E-state index contributed by atoms with van der Waals surface area (Å²) in [6, 6.07) is 6.45. The lowest BCUT2D eigenvalue weighted by molar-refractivity contribution is 0.721. The van der Waals surface area contributed by atoms with E-state index in [2.05, 4.69) is 54.3 Å². The van der Waals surface area contributed by atoms with Gasteiger partial charge in [0.1, 0.15) is 0 Å². The quantitative estimate of drug-likeness (QED) is 0.907. The fourth-order valence-corrected chi connectivity index (χ4v) is 2.14. The number of anilines is 2. The summed E-state index contributed by atoms with van der Waals surface area (Å²) in [7, 11) is 1.99. The molecule has 106 valence electrons. The third-order valence-electron chi connectivity index (χ3n) is 3.16. The molecule has 0 aliphatic carbocycles. The van der Waals surface area contributed by atoms with Crippen molar-refractivity contribution in [1.82, 2.24) is 15.3 Å². The highest BCUT2D eigenvalue weighted by Crippen LogP contribution is 2.22. The van der Waals surface area contributed by atoms with Crippen LogP contribution in [0.25, 0.3) is 0 Å². The van der Waals surface area contributed by atoms with E-state index in [1.165, 1.54) is 11.1 Å². The van der Waals surface area contributed by atoms with Gasteiger partial charge in [-0.3, -0.25) is 0 Å². The van der Waals surface area contributed by atoms with Crippen LogP contribution in [0.5, 0.6) is 0 Å². The Morgan fingerprint density at radius 1 is 1.05 bits per heavy atom. The third kappa shape index (κ3) is 3.54. The summed E-state index contributed by atoms with van der Waals surface area (Å²) in [5.74, 6) is 0.718. The molecule has 0 spiro atoms. The lowest BCUT2D eigenvalue weighted by Gasteiger charge is -2.18. The molecule has 0 aliphatic rings. The zero-order valence-electron chi connectivity index (χ0n) is 12.6. The monoisotopic (exact) mass is 270 g/mol. The van der Waals surface area contributed by atoms with Crippen LogP contribution in [0.3, 0.4) is 0 Å². The predicted molar refractivity (Wildman–Crippen MR) is 83.4 cm³/mol. The van der Waals surface area contributed by atoms with Gasteiger partial charge >= 0.3 is 0 Å². The largest absolute Gasteiger partial charge is 0.314 e. The summed E-state index contributed by atoms with van der Waals surface area (Å²) in [5.41, 5.74) is 4.71. The van der Waals surface area contributed by atoms with Gasteiger partial charge in [-0.1, -0.05) is 13.0 Å². The maximum Gasteiger partial charge on any atom is 0.229 e. The molecular weight excluding hydrogens is 248 g/mol. The van der Waals surface area contributed by atoms with Crippen LogP contribution < -0.4 is 10.2 Å². The number of rotatable bonds is 5. The lowest BCUT2D eigenvalue weighted by Crippen LogP contribution is -2.15. The SMILES string of the molecule is CCNCc1cnc(N(C)c2cc(C)cc(C)c2)nc1. The topological polar surface area (TPSA) is 41.1 Å². The first-order valence-corrected chi connectivity index (χ1v) is 6.94. The van der Waals surface area contributed by atoms with Gasteiger partial charge in [0.2, 0.25) is 5.95 Å². The van der Waals surface area contributed by atoms with Crippen LogP contribution >= 0.6 is 0 Å². The molecule has 1 aromatic carbocycles. The molecule has 0 fully saturated rings. The Kier molecular flexibility index (Phi) is 4.69. The van der Waals surface area contributed by atoms with Gasteiger partial charge in [0.25, 0.3) is 0 Å². The molecule has 0 bridgehead atoms. The Hall–Kier alpha value is -1.94. The van der Waals surface area contributed by atoms with E-state index < -0.39 is 0 Å². The van der Waals surface area contributed by atoms with E-state index in [1.54, 1.807) is 0 Å². The minimum atomic E-state index is 0.718. The first kappa shape index (κ1) is 14.5. The molecule has 4 heteroatoms. The summed E-state index contributed by atoms with van der Waals surface area (Å²) in [6.07, 6.45) is 3.76. The number of hydrogen-bond donors (Lipinski definition) is 1. The van der Waals surface area contributed by atoms with Gasteiger partial charge in [-0.2, -0.15) is 0 Å². The number of hydrogen-bond acceptors (Lipinski definition) is 4. The van der Waals surface area contributed by atoms with Gasteiger partial charge in [0, 0.05) is 37.2 Å². The minimum Gasteiger partial charge on any atom is -0.314 e. The van der Waals surface area contributed by atoms with Gasteiger partial charge in [0.15, 0.2) is 0 Å². The number of aryl methyl sites for hydroxylation is 2. The van der Waals surface area contributed by atoms with Crippen molar-refractivity contribution < 1.29 is 0 Å². The van der Waals surface area contributed by atoms with Crippen LogP contribution in [0, 0.1) is 13.8 Å². The van der Waals surface area contributed by atoms with Gasteiger partial charge < -0.3 is 10.2 Å². The summed E-state index contributed by atoms with van der Waals surface area (Å²) in [5, 5.41) is 3.27. The van der Waals surface area contributed by atoms with Crippen LogP contribution in [0.2, 0.25) is 0 Å². The Morgan fingerprint density at radius 2 is 1.65 bits per heavy atom. The molecule has 1 N–H and O–H groups in total. The van der Waals surface area contributed by atoms with Crippen molar-refractivity contribution in [2.45, 2.75) is 27.3 Å². The van der Waals surface area contributed by atoms with Crippen molar-refractivity contribution in [2.24, 2.45) is 0 Å². The van der Waals surface area contributed by atoms with Gasteiger partial charge in [-0.25, -0.2) is 9.97 Å². The highest BCUT2D eigenvalue weighted by Gasteiger charge is 2.07. The fourth-order valence-electron chi connectivity index (χ4n) is 2.14. The number of nitrogens with one attached hydrogen (secondary N) is 1. The molecule has 0 radical (unpaired) electrons. The summed E-state index contributed by atoms with van der Waals surface area (Å²) in [4.78, 5) is 10.9. The highest BCUT2D eigenvalue weighted by atomic mass is 15.2. The van der Waals surface area contributed by atoms with Crippen molar-refractivity contribution in [2.75, 3.05) is 18.5 Å². The highest BCUT2D eigenvalue weighted by molar-refractivity contribution is 5.58. The summed E-state index contributed by atoms with van der Waals surface area (Å²) in [6.45, 7) is 8.05. The van der Waals surface area contributed by atoms with E-state index in [4.69, 9.17) is 0 Å². The normalized spacial score (nSPS) is 10.6. The van der Waals surface area contributed by atoms with Crippen molar-refractivity contribution in [3.63, 3.8) is 0 Å². The molecule has 20 heavy (non-hydrogen) atoms. The molecule has 1 heterocycles. The van der Waals surface area contributed by atoms with Gasteiger partial charge in [-0.05, 0) is 43.7 Å². The number of benzene rings is 1. The minimum absolute atomic E-state index is 0.718. The van der Waals surface area contributed by atoms with Crippen LogP contribution in [-0.4, -0.2) is 23.6 Å². The van der Waals surface area contributed by atoms with E-state index in [9.17, 15) is 0 Å². The number of nitrogens with zero attached hydrogens (tertiary/aromatic N) is 3. The maximum absolute atomic E-state index is 4.44. The second-order valence-corrected chi connectivity index (χ2v) is 5.08. The Balaban J connectivity index is 2.17. The summed E-state index contributed by atoms with van der Waals surface area (Å²) >= 11 is 0. The standard InChI is InChI=1S/C16H22N4/c1-5-17-9-14-10-18-16(19-11-14)20(4)15-7-12(2)6-13(3)8-15/h6-8,10-11,17H,5,9H2,1-4H3. The van der Waals surface area contributed by atoms with Gasteiger partial charge in [-0.15, -0.1) is 0 Å². The van der Waals surface area contributed by atoms with E-state index in [0.717, 1.165) is 30.3 Å². The molecule has 0 unspecified atom stereocenters. The smallest absolute Gasteiger partial charge is 0.229 e. The molecule has 0 atom stereocenters. The molecule has 4 nitrogen and oxygen atoms in total. The van der Waals surface area contributed by atoms with E-state index in [-0.39, 0.29) is 0 Å². The zero-order chi connectivity index (χ0) is 14.5. The van der Waals surface area contributed by atoms with Crippen LogP contribution in [-0.2, 0) is 6.54 Å². The fraction of sp³-hybridized carbons (Fsp3) is 0.375. The average Bonchev–Trinajstić information content (AvgIpc) is 2.44. The van der Waals surface area contributed by atoms with Crippen LogP contribution in [0.1, 0.15) is 23.6 Å². The first-order valence-electron chi connectivity index (χ1n) is 6.94. The molecule has 0 saturated heterocycles. The molecule has 0 amide bonds. The molecular formula is C16H22N4. The molecule has 0 aliphatic heterocycles. The zero-order valence-corrected chi connectivity index (χ0v) is 12.6. The average molecular weight is 270 g/mol. The van der Waals surface area contributed by atoms with Crippen molar-refractivity contribution in [1.29, 1.82) is 0 Å². The van der Waals surface area contributed by atoms with Crippen molar-refractivity contribution in [3.8, 4) is 0 Å². The van der Waals surface area contributed by atoms with Crippen molar-refractivity contribution >= 4 is 11.6 Å². The lowest BCUT2D eigenvalue weighted by atomic mass is 10.1. The van der Waals surface area contributed by atoms with Crippen LogP contribution in [0.15, 0.2) is 30.6 Å². The molecule has 1 aromatic heterocycles. The molecule has 0 saturated carbocycles. The van der Waals surface area contributed by atoms with E-state index >= 15 is 0 Å². The summed E-state index contributed by atoms with van der Waals surface area (Å²) < 4.78 is 0. The Bertz CT molecular complexity index is 543. The third-order valence-corrected chi connectivity index (χ3v) is 3.16. The van der Waals surface area contributed by atoms with Crippen LogP contribution in [0.4, 0.5) is 11.6 Å². The number of aromatic nitrogens is 2. The molecule has 2 rings (SSSR count). The second-order valence-electron chi connectivity index (χ2n) is 5.08. The van der Waals surface area contributed by atoms with E-state index in [1.807, 2.05) is 24.3 Å². The Labute approximate surface area is 120 Å². The predicted octanol–water partition coefficient (Wildman–Crippen LogP) is 2.97. The van der Waals surface area contributed by atoms with E-state index in [0.29, 0.717) is 0 Å². The second kappa shape index (κ2) is 6.48. The Morgan fingerprint density at radius 3 is 2.20 bits per heavy atom. The van der Waals surface area contributed by atoms with Crippen molar-refractivity contribution in [3.05, 3.63) is 47.3 Å². The molecule has 2 aromatic rings. The maximum atomic E-state index is 4.44.